The Balaban J connectivity index is 1.88. The molecule has 6 nitrogen and oxygen atoms in total. The van der Waals surface area contributed by atoms with E-state index in [9.17, 15) is 14.9 Å². The first kappa shape index (κ1) is 16.8. The monoisotopic (exact) mass is 335 g/mol. The van der Waals surface area contributed by atoms with Gasteiger partial charge < -0.3 is 9.47 Å². The van der Waals surface area contributed by atoms with Gasteiger partial charge >= 0.3 is 5.97 Å². The first-order valence-corrected chi connectivity index (χ1v) is 7.15. The van der Waals surface area contributed by atoms with Gasteiger partial charge in [0.25, 0.3) is 5.69 Å². The maximum Gasteiger partial charge on any atom is 0.338 e. The van der Waals surface area contributed by atoms with E-state index in [4.69, 9.17) is 21.1 Å². The second-order valence-corrected chi connectivity index (χ2v) is 5.13. The lowest BCUT2D eigenvalue weighted by Crippen LogP contribution is -2.12. The van der Waals surface area contributed by atoms with Crippen molar-refractivity contribution in [3.63, 3.8) is 0 Å². The average molecular weight is 336 g/mol. The van der Waals surface area contributed by atoms with E-state index in [1.165, 1.54) is 12.1 Å². The first-order chi connectivity index (χ1) is 11.0. The molecule has 0 atom stereocenters. The van der Waals surface area contributed by atoms with Crippen LogP contribution in [0.5, 0.6) is 5.75 Å². The molecule has 0 aromatic heterocycles. The van der Waals surface area contributed by atoms with Gasteiger partial charge in [0.2, 0.25) is 0 Å². The number of nitro groups is 1. The molecule has 0 radical (unpaired) electrons. The minimum atomic E-state index is -0.669. The number of ether oxygens (including phenoxy) is 2. The number of carbonyl (C=O) groups excluding carboxylic acids is 1. The lowest BCUT2D eigenvalue weighted by Gasteiger charge is -2.08. The predicted molar refractivity (Wildman–Crippen MR) is 85.1 cm³/mol. The van der Waals surface area contributed by atoms with Crippen molar-refractivity contribution >= 4 is 23.3 Å². The number of nitro benzene ring substituents is 1. The van der Waals surface area contributed by atoms with Gasteiger partial charge in [0.15, 0.2) is 0 Å². The summed E-state index contributed by atoms with van der Waals surface area (Å²) in [5.41, 5.74) is 0.793. The minimum Gasteiger partial charge on any atom is -0.490 e. The molecular formula is C16H14ClNO5. The normalized spacial score (nSPS) is 10.2. The van der Waals surface area contributed by atoms with Crippen LogP contribution < -0.4 is 4.74 Å². The van der Waals surface area contributed by atoms with E-state index in [0.29, 0.717) is 5.75 Å². The number of hydrogen-bond acceptors (Lipinski definition) is 5. The second kappa shape index (κ2) is 7.60. The molecular weight excluding hydrogens is 322 g/mol. The highest BCUT2D eigenvalue weighted by Gasteiger charge is 2.17. The van der Waals surface area contributed by atoms with E-state index >= 15 is 0 Å². The highest BCUT2D eigenvalue weighted by atomic mass is 35.5. The van der Waals surface area contributed by atoms with Crippen molar-refractivity contribution in [2.24, 2.45) is 0 Å². The molecule has 0 saturated heterocycles. The number of aryl methyl sites for hydroxylation is 1. The van der Waals surface area contributed by atoms with Crippen molar-refractivity contribution in [1.29, 1.82) is 0 Å². The molecule has 2 aromatic rings. The fourth-order valence-electron chi connectivity index (χ4n) is 1.86. The number of carbonyl (C=O) groups is 1. The van der Waals surface area contributed by atoms with Crippen LogP contribution in [0.2, 0.25) is 5.02 Å². The van der Waals surface area contributed by atoms with Crippen LogP contribution >= 0.6 is 11.6 Å². The summed E-state index contributed by atoms with van der Waals surface area (Å²) >= 11 is 5.69. The number of hydrogen-bond donors (Lipinski definition) is 0. The number of benzene rings is 2. The summed E-state index contributed by atoms with van der Waals surface area (Å²) in [7, 11) is 0. The number of esters is 1. The van der Waals surface area contributed by atoms with Crippen LogP contribution in [0, 0.1) is 17.0 Å². The summed E-state index contributed by atoms with van der Waals surface area (Å²) in [5.74, 6) is 0.0146. The molecule has 0 heterocycles. The van der Waals surface area contributed by atoms with Crippen molar-refractivity contribution in [1.82, 2.24) is 0 Å². The molecule has 0 spiro atoms. The van der Waals surface area contributed by atoms with Gasteiger partial charge in [0.05, 0.1) is 10.5 Å². The Hall–Kier alpha value is -2.60. The number of halogens is 1. The van der Waals surface area contributed by atoms with Crippen LogP contribution in [-0.4, -0.2) is 24.1 Å². The van der Waals surface area contributed by atoms with Crippen molar-refractivity contribution < 1.29 is 19.2 Å². The van der Waals surface area contributed by atoms with Crippen LogP contribution in [0.4, 0.5) is 5.69 Å². The fraction of sp³-hybridized carbons (Fsp3) is 0.188. The van der Waals surface area contributed by atoms with E-state index in [0.717, 1.165) is 11.6 Å². The van der Waals surface area contributed by atoms with Crippen LogP contribution in [-0.2, 0) is 4.74 Å². The molecule has 0 saturated carbocycles. The SMILES string of the molecule is Cc1cccc(OCCOC(=O)c2ccc(Cl)c([N+](=O)[O-])c2)c1. The summed E-state index contributed by atoms with van der Waals surface area (Å²) < 4.78 is 10.5. The predicted octanol–water partition coefficient (Wildman–Crippen LogP) is 3.79. The van der Waals surface area contributed by atoms with E-state index in [2.05, 4.69) is 0 Å². The standard InChI is InChI=1S/C16H14ClNO5/c1-11-3-2-4-13(9-11)22-7-8-23-16(19)12-5-6-14(17)15(10-12)18(20)21/h2-6,9-10H,7-8H2,1H3. The van der Waals surface area contributed by atoms with Crippen molar-refractivity contribution in [2.75, 3.05) is 13.2 Å². The van der Waals surface area contributed by atoms with Gasteiger partial charge in [-0.2, -0.15) is 0 Å². The Bertz CT molecular complexity index is 732. The maximum absolute atomic E-state index is 11.9. The van der Waals surface area contributed by atoms with Crippen LogP contribution in [0.1, 0.15) is 15.9 Å². The number of nitrogens with zero attached hydrogens (tertiary/aromatic N) is 1. The Morgan fingerprint density at radius 1 is 1.22 bits per heavy atom. The zero-order valence-corrected chi connectivity index (χ0v) is 13.1. The molecule has 0 unspecified atom stereocenters. The smallest absolute Gasteiger partial charge is 0.338 e. The molecule has 7 heteroatoms. The average Bonchev–Trinajstić information content (AvgIpc) is 2.51. The van der Waals surface area contributed by atoms with E-state index < -0.39 is 10.9 Å². The van der Waals surface area contributed by atoms with Gasteiger partial charge in [0, 0.05) is 6.07 Å². The van der Waals surface area contributed by atoms with Crippen LogP contribution in [0.25, 0.3) is 0 Å². The van der Waals surface area contributed by atoms with Crippen molar-refractivity contribution in [3.8, 4) is 5.75 Å². The lowest BCUT2D eigenvalue weighted by molar-refractivity contribution is -0.384. The zero-order chi connectivity index (χ0) is 16.8. The lowest BCUT2D eigenvalue weighted by atomic mass is 10.2. The van der Waals surface area contributed by atoms with Crippen LogP contribution in [0.15, 0.2) is 42.5 Å². The van der Waals surface area contributed by atoms with E-state index in [1.54, 1.807) is 6.07 Å². The Morgan fingerprint density at radius 3 is 2.70 bits per heavy atom. The van der Waals surface area contributed by atoms with E-state index in [-0.39, 0.29) is 29.5 Å². The molecule has 0 fully saturated rings. The van der Waals surface area contributed by atoms with E-state index in [1.807, 2.05) is 25.1 Å². The van der Waals surface area contributed by atoms with Gasteiger partial charge in [0.1, 0.15) is 24.0 Å². The third-order valence-electron chi connectivity index (χ3n) is 2.95. The Labute approximate surface area is 137 Å². The third kappa shape index (κ3) is 4.69. The molecule has 0 aliphatic rings. The number of rotatable bonds is 6. The summed E-state index contributed by atoms with van der Waals surface area (Å²) in [4.78, 5) is 22.0. The minimum absolute atomic E-state index is 0.0310. The summed E-state index contributed by atoms with van der Waals surface area (Å²) in [5, 5.41) is 10.8. The molecule has 0 aliphatic heterocycles. The second-order valence-electron chi connectivity index (χ2n) is 4.72. The highest BCUT2D eigenvalue weighted by molar-refractivity contribution is 6.32. The van der Waals surface area contributed by atoms with Gasteiger partial charge in [-0.05, 0) is 36.8 Å². The Morgan fingerprint density at radius 2 is 2.00 bits per heavy atom. The maximum atomic E-state index is 11.9. The summed E-state index contributed by atoms with van der Waals surface area (Å²) in [6.45, 7) is 2.16. The summed E-state index contributed by atoms with van der Waals surface area (Å²) in [6, 6.07) is 11.2. The zero-order valence-electron chi connectivity index (χ0n) is 12.3. The molecule has 2 aromatic carbocycles. The van der Waals surface area contributed by atoms with Gasteiger partial charge in [-0.25, -0.2) is 4.79 Å². The van der Waals surface area contributed by atoms with Gasteiger partial charge in [-0.3, -0.25) is 10.1 Å². The van der Waals surface area contributed by atoms with Gasteiger partial charge in [-0.15, -0.1) is 0 Å². The molecule has 0 bridgehead atoms. The van der Waals surface area contributed by atoms with Crippen LogP contribution in [0.3, 0.4) is 0 Å². The largest absolute Gasteiger partial charge is 0.490 e. The van der Waals surface area contributed by atoms with Gasteiger partial charge in [-0.1, -0.05) is 23.7 Å². The summed E-state index contributed by atoms with van der Waals surface area (Å²) in [6.07, 6.45) is 0. The molecule has 120 valence electrons. The highest BCUT2D eigenvalue weighted by Crippen LogP contribution is 2.25. The topological polar surface area (TPSA) is 78.7 Å². The Kier molecular flexibility index (Phi) is 5.54. The molecule has 23 heavy (non-hydrogen) atoms. The molecule has 0 aliphatic carbocycles. The molecule has 0 amide bonds. The fourth-order valence-corrected chi connectivity index (χ4v) is 2.05. The first-order valence-electron chi connectivity index (χ1n) is 6.78. The third-order valence-corrected chi connectivity index (χ3v) is 3.27. The molecule has 0 N–H and O–H groups in total. The van der Waals surface area contributed by atoms with Crippen molar-refractivity contribution in [2.45, 2.75) is 6.92 Å². The van der Waals surface area contributed by atoms with Crippen molar-refractivity contribution in [3.05, 3.63) is 68.7 Å². The quantitative estimate of drug-likeness (QED) is 0.347. The molecule has 2 rings (SSSR count).